The number of Topliss-reactive ketones (excluding diaryl/α,β-unsaturated/α-hetero) is 1. The number of ketones is 1. The highest BCUT2D eigenvalue weighted by Crippen LogP contribution is 2.53. The van der Waals surface area contributed by atoms with Crippen LogP contribution in [0.3, 0.4) is 0 Å². The molecular formula is C25H38O4. The van der Waals surface area contributed by atoms with Crippen LogP contribution in [0.15, 0.2) is 24.3 Å². The molecule has 0 spiro atoms. The van der Waals surface area contributed by atoms with E-state index in [4.69, 9.17) is 5.11 Å². The van der Waals surface area contributed by atoms with Gasteiger partial charge in [-0.25, -0.2) is 0 Å². The number of aliphatic hydroxyl groups is 1. The van der Waals surface area contributed by atoms with Gasteiger partial charge in [-0.2, -0.15) is 0 Å². The number of aliphatic carboxylic acids is 1. The molecule has 0 saturated heterocycles. The van der Waals surface area contributed by atoms with Crippen molar-refractivity contribution >= 4 is 11.8 Å². The van der Waals surface area contributed by atoms with E-state index in [1.807, 2.05) is 6.08 Å². The average Bonchev–Trinajstić information content (AvgIpc) is 3.41. The minimum absolute atomic E-state index is 0.0262. The van der Waals surface area contributed by atoms with E-state index in [0.29, 0.717) is 31.0 Å². The summed E-state index contributed by atoms with van der Waals surface area (Å²) in [5, 5.41) is 19.5. The molecule has 3 fully saturated rings. The molecular weight excluding hydrogens is 364 g/mol. The third-order valence-corrected chi connectivity index (χ3v) is 7.54. The molecule has 4 heteroatoms. The van der Waals surface area contributed by atoms with Crippen LogP contribution in [0.2, 0.25) is 0 Å². The van der Waals surface area contributed by atoms with Gasteiger partial charge < -0.3 is 10.2 Å². The Hall–Kier alpha value is -1.42. The van der Waals surface area contributed by atoms with Crippen LogP contribution in [0.5, 0.6) is 0 Å². The van der Waals surface area contributed by atoms with E-state index < -0.39 is 5.97 Å². The number of allylic oxidation sites excluding steroid dienone is 3. The van der Waals surface area contributed by atoms with Crippen LogP contribution in [-0.4, -0.2) is 28.1 Å². The van der Waals surface area contributed by atoms with Gasteiger partial charge in [0.1, 0.15) is 5.78 Å². The Morgan fingerprint density at radius 1 is 1.24 bits per heavy atom. The van der Waals surface area contributed by atoms with Gasteiger partial charge in [0.15, 0.2) is 0 Å². The van der Waals surface area contributed by atoms with Crippen molar-refractivity contribution in [3.63, 3.8) is 0 Å². The summed E-state index contributed by atoms with van der Waals surface area (Å²) in [6, 6.07) is 0. The summed E-state index contributed by atoms with van der Waals surface area (Å²) in [5.41, 5.74) is 0.167. The van der Waals surface area contributed by atoms with Crippen LogP contribution in [-0.2, 0) is 9.59 Å². The molecule has 0 aromatic heterocycles. The van der Waals surface area contributed by atoms with Crippen molar-refractivity contribution in [1.82, 2.24) is 0 Å². The molecule has 0 radical (unpaired) electrons. The highest BCUT2D eigenvalue weighted by molar-refractivity contribution is 5.84. The first-order valence-corrected chi connectivity index (χ1v) is 11.7. The Morgan fingerprint density at radius 2 is 2.00 bits per heavy atom. The lowest BCUT2D eigenvalue weighted by molar-refractivity contribution is -0.137. The summed E-state index contributed by atoms with van der Waals surface area (Å²) in [6.07, 6.45) is 19.3. The van der Waals surface area contributed by atoms with Crippen LogP contribution < -0.4 is 0 Å². The number of unbranched alkanes of at least 4 members (excludes halogenated alkanes) is 1. The van der Waals surface area contributed by atoms with Gasteiger partial charge in [-0.1, -0.05) is 50.5 Å². The average molecular weight is 403 g/mol. The van der Waals surface area contributed by atoms with E-state index in [2.05, 4.69) is 25.2 Å². The smallest absolute Gasteiger partial charge is 0.303 e. The van der Waals surface area contributed by atoms with Gasteiger partial charge in [-0.05, 0) is 68.1 Å². The molecule has 4 nitrogen and oxygen atoms in total. The maximum Gasteiger partial charge on any atom is 0.303 e. The lowest BCUT2D eigenvalue weighted by Gasteiger charge is -2.46. The summed E-state index contributed by atoms with van der Waals surface area (Å²) in [4.78, 5) is 23.0. The molecule has 0 bridgehead atoms. The summed E-state index contributed by atoms with van der Waals surface area (Å²) >= 11 is 0. The fourth-order valence-corrected chi connectivity index (χ4v) is 5.38. The summed E-state index contributed by atoms with van der Waals surface area (Å²) in [6.45, 7) is 2.15. The van der Waals surface area contributed by atoms with Gasteiger partial charge in [0.2, 0.25) is 0 Å². The van der Waals surface area contributed by atoms with Crippen molar-refractivity contribution in [3.05, 3.63) is 24.3 Å². The number of aliphatic hydroxyl groups excluding tert-OH is 1. The third-order valence-electron chi connectivity index (χ3n) is 7.54. The van der Waals surface area contributed by atoms with Crippen LogP contribution in [0, 0.1) is 29.1 Å². The van der Waals surface area contributed by atoms with Crippen LogP contribution in [0.4, 0.5) is 0 Å². The normalized spacial score (nSPS) is 30.1. The fourth-order valence-electron chi connectivity index (χ4n) is 5.38. The summed E-state index contributed by atoms with van der Waals surface area (Å²) < 4.78 is 0. The van der Waals surface area contributed by atoms with Gasteiger partial charge in [0.05, 0.1) is 6.10 Å². The van der Waals surface area contributed by atoms with Gasteiger partial charge in [0, 0.05) is 18.8 Å². The molecule has 0 amide bonds. The lowest BCUT2D eigenvalue weighted by Crippen LogP contribution is -2.41. The molecule has 29 heavy (non-hydrogen) atoms. The zero-order valence-electron chi connectivity index (χ0n) is 17.9. The minimum atomic E-state index is -0.758. The summed E-state index contributed by atoms with van der Waals surface area (Å²) in [5.74, 6) is 1.06. The lowest BCUT2D eigenvalue weighted by atomic mass is 9.61. The number of hydrogen-bond acceptors (Lipinski definition) is 3. The van der Waals surface area contributed by atoms with Crippen LogP contribution in [0.25, 0.3) is 0 Å². The minimum Gasteiger partial charge on any atom is -0.481 e. The van der Waals surface area contributed by atoms with Crippen molar-refractivity contribution in [2.24, 2.45) is 29.1 Å². The van der Waals surface area contributed by atoms with Crippen molar-refractivity contribution in [3.8, 4) is 0 Å². The van der Waals surface area contributed by atoms with Crippen molar-refractivity contribution in [2.75, 3.05) is 0 Å². The number of carboxylic acids is 1. The number of hydrogen-bond donors (Lipinski definition) is 2. The molecule has 3 rings (SSSR count). The predicted octanol–water partition coefficient (Wildman–Crippen LogP) is 5.31. The molecule has 0 aromatic carbocycles. The molecule has 0 heterocycles. The van der Waals surface area contributed by atoms with Crippen LogP contribution in [0.1, 0.15) is 84.0 Å². The first-order chi connectivity index (χ1) is 13.9. The molecule has 2 N–H and O–H groups in total. The molecule has 0 aliphatic heterocycles. The SMILES string of the molecule is C[C@@H]1CC(=O)[C@H](C/C=C\CCCC(=O)O)[C@H]1/C=C/CC(O)C1(CC2CC2)CCC1. The topological polar surface area (TPSA) is 74.6 Å². The van der Waals surface area contributed by atoms with E-state index in [1.54, 1.807) is 0 Å². The van der Waals surface area contributed by atoms with E-state index in [-0.39, 0.29) is 29.8 Å². The van der Waals surface area contributed by atoms with Crippen molar-refractivity contribution in [1.29, 1.82) is 0 Å². The number of carbonyl (C=O) groups is 2. The number of carboxylic acid groups (broad SMARTS) is 1. The Morgan fingerprint density at radius 3 is 2.62 bits per heavy atom. The van der Waals surface area contributed by atoms with Crippen LogP contribution >= 0.6 is 0 Å². The van der Waals surface area contributed by atoms with E-state index >= 15 is 0 Å². The maximum absolute atomic E-state index is 12.4. The number of rotatable bonds is 12. The van der Waals surface area contributed by atoms with Crippen molar-refractivity contribution in [2.45, 2.75) is 90.1 Å². The molecule has 3 saturated carbocycles. The Balaban J connectivity index is 1.48. The highest BCUT2D eigenvalue weighted by atomic mass is 16.4. The molecule has 0 aromatic rings. The first kappa shape index (κ1) is 22.3. The summed E-state index contributed by atoms with van der Waals surface area (Å²) in [7, 11) is 0. The van der Waals surface area contributed by atoms with Gasteiger partial charge >= 0.3 is 5.97 Å². The first-order valence-electron chi connectivity index (χ1n) is 11.7. The fraction of sp³-hybridized carbons (Fsp3) is 0.760. The van der Waals surface area contributed by atoms with Gasteiger partial charge in [0.25, 0.3) is 0 Å². The standard InChI is InChI=1S/C25H38O4/c1-18-16-22(26)21(8-4-2-3-5-11-24(28)29)20(18)9-6-10-23(27)25(14-7-15-25)17-19-12-13-19/h2,4,6,9,18-21,23,27H,3,5,7-8,10-17H2,1H3,(H,28,29)/b4-2-,9-6+/t18-,20+,21-,23?/m1/s1. The molecule has 4 atom stereocenters. The molecule has 3 aliphatic rings. The zero-order valence-corrected chi connectivity index (χ0v) is 17.9. The van der Waals surface area contributed by atoms with E-state index in [9.17, 15) is 14.7 Å². The predicted molar refractivity (Wildman–Crippen MR) is 114 cm³/mol. The van der Waals surface area contributed by atoms with E-state index in [1.165, 1.54) is 38.5 Å². The second-order valence-corrected chi connectivity index (χ2v) is 9.87. The Labute approximate surface area is 175 Å². The molecule has 162 valence electrons. The van der Waals surface area contributed by atoms with Gasteiger partial charge in [-0.3, -0.25) is 9.59 Å². The maximum atomic E-state index is 12.4. The quantitative estimate of drug-likeness (QED) is 0.343. The number of carbonyl (C=O) groups excluding carboxylic acids is 1. The Bertz CT molecular complexity index is 627. The van der Waals surface area contributed by atoms with Gasteiger partial charge in [-0.15, -0.1) is 0 Å². The highest BCUT2D eigenvalue weighted by Gasteiger charge is 2.46. The second-order valence-electron chi connectivity index (χ2n) is 9.87. The largest absolute Gasteiger partial charge is 0.481 e. The Kier molecular flexibility index (Phi) is 7.72. The third kappa shape index (κ3) is 6.04. The zero-order chi connectivity index (χ0) is 20.9. The molecule has 3 aliphatic carbocycles. The monoisotopic (exact) mass is 402 g/mol. The molecule has 1 unspecified atom stereocenters. The second kappa shape index (κ2) is 10.1. The van der Waals surface area contributed by atoms with Crippen molar-refractivity contribution < 1.29 is 19.8 Å². The van der Waals surface area contributed by atoms with E-state index in [0.717, 1.165) is 18.8 Å².